The number of Topliss-reactive ketones (excluding diaryl/α,β-unsaturated/α-hetero) is 1. The van der Waals surface area contributed by atoms with E-state index in [9.17, 15) is 4.79 Å². The van der Waals surface area contributed by atoms with Gasteiger partial charge in [-0.05, 0) is 50.6 Å². The minimum Gasteiger partial charge on any atom is -0.391 e. The number of amidine groups is 1. The Labute approximate surface area is 156 Å². The predicted octanol–water partition coefficient (Wildman–Crippen LogP) is 3.18. The standard InChI is InChI=1S/C19H23N5OS/c1-11(25)18(13-5-6-15-14(9-13)10-22-24(15)4)19(3,23-12(2)20)16-7-8-17(21)26-16/h5-10,18H,21H2,1-4H3,(H2,20,23)/t18-,19-/m1/s1. The van der Waals surface area contributed by atoms with Crippen LogP contribution in [0, 0.1) is 0 Å². The maximum atomic E-state index is 12.7. The number of aliphatic imine (C=N–C) groups is 1. The van der Waals surface area contributed by atoms with E-state index in [-0.39, 0.29) is 5.78 Å². The van der Waals surface area contributed by atoms with Crippen LogP contribution in [0.1, 0.15) is 37.1 Å². The van der Waals surface area contributed by atoms with E-state index in [1.54, 1.807) is 20.0 Å². The minimum absolute atomic E-state index is 0.0210. The Morgan fingerprint density at radius 2 is 2.04 bits per heavy atom. The highest BCUT2D eigenvalue weighted by Crippen LogP contribution is 2.44. The summed E-state index contributed by atoms with van der Waals surface area (Å²) in [5.74, 6) is -0.0375. The lowest BCUT2D eigenvalue weighted by Gasteiger charge is -2.33. The molecule has 1 aromatic carbocycles. The van der Waals surface area contributed by atoms with Gasteiger partial charge in [-0.25, -0.2) is 0 Å². The van der Waals surface area contributed by atoms with Gasteiger partial charge in [0.1, 0.15) is 11.3 Å². The van der Waals surface area contributed by atoms with E-state index in [1.807, 2.05) is 49.0 Å². The molecule has 2 heterocycles. The van der Waals surface area contributed by atoms with Crippen LogP contribution in [0.25, 0.3) is 10.9 Å². The van der Waals surface area contributed by atoms with Gasteiger partial charge >= 0.3 is 0 Å². The van der Waals surface area contributed by atoms with Crippen LogP contribution >= 0.6 is 11.3 Å². The van der Waals surface area contributed by atoms with Gasteiger partial charge in [-0.3, -0.25) is 14.5 Å². The SMILES string of the molecule is CC(=O)[C@H](c1ccc2c(cnn2C)c1)[C@](C)(N=C(C)N)c1ccc(N)s1. The number of benzene rings is 1. The molecule has 0 bridgehead atoms. The van der Waals surface area contributed by atoms with E-state index in [4.69, 9.17) is 11.5 Å². The largest absolute Gasteiger partial charge is 0.391 e. The van der Waals surface area contributed by atoms with Crippen LogP contribution in [-0.4, -0.2) is 21.4 Å². The van der Waals surface area contributed by atoms with E-state index in [1.165, 1.54) is 11.3 Å². The lowest BCUT2D eigenvalue weighted by atomic mass is 9.77. The maximum Gasteiger partial charge on any atom is 0.140 e. The monoisotopic (exact) mass is 369 g/mol. The molecule has 3 rings (SSSR count). The zero-order chi connectivity index (χ0) is 19.1. The summed E-state index contributed by atoms with van der Waals surface area (Å²) >= 11 is 1.43. The predicted molar refractivity (Wildman–Crippen MR) is 108 cm³/mol. The second kappa shape index (κ2) is 6.57. The average Bonchev–Trinajstić information content (AvgIpc) is 3.13. The number of fused-ring (bicyclic) bond motifs is 1. The summed E-state index contributed by atoms with van der Waals surface area (Å²) in [5.41, 5.74) is 12.9. The third-order valence-corrected chi connectivity index (χ3v) is 5.75. The first-order valence-corrected chi connectivity index (χ1v) is 9.14. The molecule has 2 atom stereocenters. The van der Waals surface area contributed by atoms with E-state index in [2.05, 4.69) is 10.1 Å². The number of nitrogens with two attached hydrogens (primary N) is 2. The van der Waals surface area contributed by atoms with E-state index in [0.29, 0.717) is 10.8 Å². The lowest BCUT2D eigenvalue weighted by Crippen LogP contribution is -2.34. The van der Waals surface area contributed by atoms with Crippen molar-refractivity contribution < 1.29 is 4.79 Å². The molecule has 0 saturated carbocycles. The molecule has 136 valence electrons. The average molecular weight is 369 g/mol. The van der Waals surface area contributed by atoms with Gasteiger partial charge in [0.25, 0.3) is 0 Å². The highest BCUT2D eigenvalue weighted by molar-refractivity contribution is 7.16. The molecule has 7 heteroatoms. The Morgan fingerprint density at radius 3 is 2.62 bits per heavy atom. The zero-order valence-electron chi connectivity index (χ0n) is 15.4. The molecule has 0 aliphatic heterocycles. The third kappa shape index (κ3) is 3.10. The number of nitrogen functional groups attached to an aromatic ring is 1. The number of thiophene rings is 1. The van der Waals surface area contributed by atoms with Gasteiger partial charge < -0.3 is 11.5 Å². The van der Waals surface area contributed by atoms with Gasteiger partial charge in [0.15, 0.2) is 0 Å². The number of anilines is 1. The highest BCUT2D eigenvalue weighted by Gasteiger charge is 2.41. The molecular weight excluding hydrogens is 346 g/mol. The molecule has 26 heavy (non-hydrogen) atoms. The molecule has 2 aromatic heterocycles. The fraction of sp³-hybridized carbons (Fsp3) is 0.316. The highest BCUT2D eigenvalue weighted by atomic mass is 32.1. The van der Waals surface area contributed by atoms with E-state index < -0.39 is 11.5 Å². The van der Waals surface area contributed by atoms with Crippen molar-refractivity contribution >= 4 is 38.9 Å². The Kier molecular flexibility index (Phi) is 4.58. The van der Waals surface area contributed by atoms with E-state index in [0.717, 1.165) is 21.3 Å². The Balaban J connectivity index is 2.22. The van der Waals surface area contributed by atoms with Crippen molar-refractivity contribution in [2.45, 2.75) is 32.2 Å². The molecule has 0 spiro atoms. The Bertz CT molecular complexity index is 998. The van der Waals surface area contributed by atoms with Gasteiger partial charge in [-0.1, -0.05) is 6.07 Å². The first-order valence-electron chi connectivity index (χ1n) is 8.32. The summed E-state index contributed by atoms with van der Waals surface area (Å²) in [6.45, 7) is 5.26. The first kappa shape index (κ1) is 18.1. The summed E-state index contributed by atoms with van der Waals surface area (Å²) in [6.07, 6.45) is 1.80. The molecule has 0 radical (unpaired) electrons. The number of aryl methyl sites for hydroxylation is 1. The number of nitrogens with zero attached hydrogens (tertiary/aromatic N) is 3. The fourth-order valence-electron chi connectivity index (χ4n) is 3.57. The summed E-state index contributed by atoms with van der Waals surface area (Å²) in [7, 11) is 1.89. The normalized spacial score (nSPS) is 15.8. The first-order chi connectivity index (χ1) is 12.2. The topological polar surface area (TPSA) is 99.3 Å². The molecule has 0 aliphatic rings. The number of rotatable bonds is 5. The van der Waals surface area contributed by atoms with Crippen molar-refractivity contribution in [1.29, 1.82) is 0 Å². The minimum atomic E-state index is -0.831. The van der Waals surface area contributed by atoms with Crippen LogP contribution in [0.15, 0.2) is 41.5 Å². The third-order valence-electron chi connectivity index (χ3n) is 4.61. The number of hydrogen-bond acceptors (Lipinski definition) is 5. The van der Waals surface area contributed by atoms with Crippen molar-refractivity contribution in [1.82, 2.24) is 9.78 Å². The molecule has 0 aliphatic carbocycles. The molecule has 4 N–H and O–H groups in total. The number of carbonyl (C=O) groups excluding carboxylic acids is 1. The van der Waals surface area contributed by atoms with Gasteiger partial charge in [0.05, 0.1) is 28.5 Å². The summed E-state index contributed by atoms with van der Waals surface area (Å²) in [4.78, 5) is 18.3. The van der Waals surface area contributed by atoms with Gasteiger partial charge in [0, 0.05) is 17.3 Å². The van der Waals surface area contributed by atoms with Crippen molar-refractivity contribution in [2.75, 3.05) is 5.73 Å². The van der Waals surface area contributed by atoms with Crippen LogP contribution in [0.2, 0.25) is 0 Å². The molecule has 0 fully saturated rings. The van der Waals surface area contributed by atoms with Crippen LogP contribution in [0.4, 0.5) is 5.00 Å². The Morgan fingerprint density at radius 1 is 1.31 bits per heavy atom. The van der Waals surface area contributed by atoms with Crippen molar-refractivity contribution in [3.8, 4) is 0 Å². The number of aromatic nitrogens is 2. The number of carbonyl (C=O) groups is 1. The Hall–Kier alpha value is -2.67. The van der Waals surface area contributed by atoms with Crippen LogP contribution < -0.4 is 11.5 Å². The van der Waals surface area contributed by atoms with Crippen LogP contribution in [0.3, 0.4) is 0 Å². The molecule has 0 amide bonds. The molecular formula is C19H23N5OS. The maximum absolute atomic E-state index is 12.7. The zero-order valence-corrected chi connectivity index (χ0v) is 16.2. The smallest absolute Gasteiger partial charge is 0.140 e. The lowest BCUT2D eigenvalue weighted by molar-refractivity contribution is -0.119. The van der Waals surface area contributed by atoms with E-state index >= 15 is 0 Å². The molecule has 0 saturated heterocycles. The van der Waals surface area contributed by atoms with Crippen molar-refractivity contribution in [3.05, 3.63) is 47.0 Å². The second-order valence-corrected chi connectivity index (χ2v) is 7.85. The van der Waals surface area contributed by atoms with Crippen molar-refractivity contribution in [3.63, 3.8) is 0 Å². The summed E-state index contributed by atoms with van der Waals surface area (Å²) in [5, 5.41) is 5.95. The molecule has 3 aromatic rings. The quantitative estimate of drug-likeness (QED) is 0.533. The molecule has 6 nitrogen and oxygen atoms in total. The fourth-order valence-corrected chi connectivity index (χ4v) is 4.47. The summed E-state index contributed by atoms with van der Waals surface area (Å²) in [6, 6.07) is 9.71. The van der Waals surface area contributed by atoms with Gasteiger partial charge in [-0.15, -0.1) is 11.3 Å². The van der Waals surface area contributed by atoms with Crippen molar-refractivity contribution in [2.24, 2.45) is 17.8 Å². The van der Waals surface area contributed by atoms with Gasteiger partial charge in [0.2, 0.25) is 0 Å². The number of ketones is 1. The second-order valence-electron chi connectivity index (χ2n) is 6.73. The number of hydrogen-bond donors (Lipinski definition) is 2. The van der Waals surface area contributed by atoms with Gasteiger partial charge in [-0.2, -0.15) is 5.10 Å². The van der Waals surface area contributed by atoms with Crippen LogP contribution in [-0.2, 0) is 17.4 Å². The molecule has 0 unspecified atom stereocenters. The summed E-state index contributed by atoms with van der Waals surface area (Å²) < 4.78 is 1.81. The van der Waals surface area contributed by atoms with Crippen LogP contribution in [0.5, 0.6) is 0 Å².